The second-order valence-corrected chi connectivity index (χ2v) is 8.79. The number of nitriles is 1. The van der Waals surface area contributed by atoms with Crippen LogP contribution in [-0.2, 0) is 15.3 Å². The maximum Gasteiger partial charge on any atom is 0.181 e. The molecule has 0 amide bonds. The van der Waals surface area contributed by atoms with Crippen molar-refractivity contribution in [1.82, 2.24) is 0 Å². The van der Waals surface area contributed by atoms with Crippen LogP contribution in [0.5, 0.6) is 0 Å². The zero-order valence-corrected chi connectivity index (χ0v) is 14.8. The van der Waals surface area contributed by atoms with Gasteiger partial charge in [-0.05, 0) is 40.8 Å². The summed E-state index contributed by atoms with van der Waals surface area (Å²) in [6.45, 7) is 6.12. The topological polar surface area (TPSA) is 57.9 Å². The predicted octanol–water partition coefficient (Wildman–Crippen LogP) is 4.34. The Labute approximate surface area is 142 Å². The minimum atomic E-state index is -3.73. The van der Waals surface area contributed by atoms with E-state index in [1.807, 2.05) is 26.8 Å². The first kappa shape index (κ1) is 18.2. The first-order chi connectivity index (χ1) is 11.1. The zero-order valence-electron chi connectivity index (χ0n) is 14.0. The van der Waals surface area contributed by atoms with Gasteiger partial charge < -0.3 is 0 Å². The Morgan fingerprint density at radius 1 is 1.04 bits per heavy atom. The molecule has 2 aromatic carbocycles. The fourth-order valence-electron chi connectivity index (χ4n) is 2.31. The predicted molar refractivity (Wildman–Crippen MR) is 92.2 cm³/mol. The second kappa shape index (κ2) is 6.74. The largest absolute Gasteiger partial charge is 0.241 e. The maximum absolute atomic E-state index is 14.4. The van der Waals surface area contributed by atoms with Crippen molar-refractivity contribution in [3.05, 3.63) is 65.2 Å². The van der Waals surface area contributed by atoms with Crippen molar-refractivity contribution < 1.29 is 12.8 Å². The fraction of sp³-hybridized carbons (Fsp3) is 0.316. The monoisotopic (exact) mass is 345 g/mol. The summed E-state index contributed by atoms with van der Waals surface area (Å²) in [4.78, 5) is 0.117. The van der Waals surface area contributed by atoms with Gasteiger partial charge >= 0.3 is 0 Å². The number of hydrogen-bond donors (Lipinski definition) is 0. The smallest absolute Gasteiger partial charge is 0.181 e. The van der Waals surface area contributed by atoms with E-state index >= 15 is 0 Å². The number of alkyl halides is 1. The summed E-state index contributed by atoms with van der Waals surface area (Å²) in [6.07, 6.45) is -1.63. The van der Waals surface area contributed by atoms with Crippen LogP contribution in [-0.4, -0.2) is 14.2 Å². The summed E-state index contributed by atoms with van der Waals surface area (Å²) in [6, 6.07) is 14.4. The molecule has 0 spiro atoms. The van der Waals surface area contributed by atoms with Crippen LogP contribution >= 0.6 is 0 Å². The SMILES string of the molecule is CC(C)(C)c1ccc(S(=O)(=O)CC(F)c2ccc(C#N)cc2)cc1. The van der Waals surface area contributed by atoms with Gasteiger partial charge in [0.15, 0.2) is 9.84 Å². The maximum atomic E-state index is 14.4. The first-order valence-corrected chi connectivity index (χ1v) is 9.26. The molecular formula is C19H20FNO2S. The molecule has 5 heteroatoms. The van der Waals surface area contributed by atoms with Gasteiger partial charge in [-0.15, -0.1) is 0 Å². The highest BCUT2D eigenvalue weighted by Gasteiger charge is 2.23. The summed E-state index contributed by atoms with van der Waals surface area (Å²) in [5.41, 5.74) is 1.61. The van der Waals surface area contributed by atoms with Crippen molar-refractivity contribution in [3.8, 4) is 6.07 Å². The summed E-state index contributed by atoms with van der Waals surface area (Å²) < 4.78 is 39.2. The standard InChI is InChI=1S/C19H20FNO2S/c1-19(2,3)16-8-10-17(11-9-16)24(22,23)13-18(20)15-6-4-14(12-21)5-7-15/h4-11,18H,13H2,1-3H3. The highest BCUT2D eigenvalue weighted by molar-refractivity contribution is 7.91. The molecule has 0 aliphatic rings. The van der Waals surface area contributed by atoms with E-state index in [0.29, 0.717) is 5.56 Å². The Morgan fingerprint density at radius 3 is 2.04 bits per heavy atom. The molecule has 0 heterocycles. The fourth-order valence-corrected chi connectivity index (χ4v) is 3.63. The normalized spacial score (nSPS) is 13.3. The van der Waals surface area contributed by atoms with Crippen LogP contribution in [0.1, 0.15) is 43.6 Å². The average molecular weight is 345 g/mol. The van der Waals surface area contributed by atoms with Crippen molar-refractivity contribution in [3.63, 3.8) is 0 Å². The Kier molecular flexibility index (Phi) is 5.10. The molecule has 1 unspecified atom stereocenters. The quantitative estimate of drug-likeness (QED) is 0.828. The third-order valence-electron chi connectivity index (χ3n) is 3.85. The highest BCUT2D eigenvalue weighted by atomic mass is 32.2. The number of nitrogens with zero attached hydrogens (tertiary/aromatic N) is 1. The number of hydrogen-bond acceptors (Lipinski definition) is 3. The highest BCUT2D eigenvalue weighted by Crippen LogP contribution is 2.26. The van der Waals surface area contributed by atoms with Crippen LogP contribution in [0.2, 0.25) is 0 Å². The van der Waals surface area contributed by atoms with Gasteiger partial charge in [-0.2, -0.15) is 5.26 Å². The first-order valence-electron chi connectivity index (χ1n) is 7.61. The van der Waals surface area contributed by atoms with Gasteiger partial charge in [0.25, 0.3) is 0 Å². The van der Waals surface area contributed by atoms with Gasteiger partial charge in [0, 0.05) is 0 Å². The molecule has 0 aliphatic heterocycles. The van der Waals surface area contributed by atoms with Gasteiger partial charge in [-0.3, -0.25) is 0 Å². The Hall–Kier alpha value is -2.19. The van der Waals surface area contributed by atoms with Crippen molar-refractivity contribution in [2.24, 2.45) is 0 Å². The van der Waals surface area contributed by atoms with Crippen LogP contribution in [0.25, 0.3) is 0 Å². The molecule has 0 aromatic heterocycles. The third-order valence-corrected chi connectivity index (χ3v) is 5.57. The van der Waals surface area contributed by atoms with Crippen molar-refractivity contribution in [2.45, 2.75) is 37.3 Å². The van der Waals surface area contributed by atoms with Crippen LogP contribution in [0.4, 0.5) is 4.39 Å². The molecule has 0 aliphatic carbocycles. The molecule has 1 atom stereocenters. The van der Waals surface area contributed by atoms with Crippen molar-refractivity contribution in [1.29, 1.82) is 5.26 Å². The van der Waals surface area contributed by atoms with Gasteiger partial charge in [0.1, 0.15) is 6.17 Å². The van der Waals surface area contributed by atoms with E-state index in [1.54, 1.807) is 12.1 Å². The minimum absolute atomic E-state index is 0.0760. The molecule has 0 saturated heterocycles. The van der Waals surface area contributed by atoms with E-state index in [-0.39, 0.29) is 15.9 Å². The Morgan fingerprint density at radius 2 is 1.58 bits per heavy atom. The molecule has 126 valence electrons. The molecule has 3 nitrogen and oxygen atoms in total. The lowest BCUT2D eigenvalue weighted by Gasteiger charge is -2.19. The molecule has 2 rings (SSSR count). The average Bonchev–Trinajstić information content (AvgIpc) is 2.54. The third kappa shape index (κ3) is 4.21. The van der Waals surface area contributed by atoms with Crippen LogP contribution in [0, 0.1) is 11.3 Å². The number of halogens is 1. The summed E-state index contributed by atoms with van der Waals surface area (Å²) in [7, 11) is -3.73. The number of benzene rings is 2. The van der Waals surface area contributed by atoms with E-state index in [9.17, 15) is 12.8 Å². The summed E-state index contributed by atoms with van der Waals surface area (Å²) >= 11 is 0. The van der Waals surface area contributed by atoms with Gasteiger partial charge in [0.05, 0.1) is 22.3 Å². The van der Waals surface area contributed by atoms with E-state index in [1.165, 1.54) is 36.4 Å². The lowest BCUT2D eigenvalue weighted by Crippen LogP contribution is -2.14. The van der Waals surface area contributed by atoms with Crippen LogP contribution in [0.3, 0.4) is 0 Å². The van der Waals surface area contributed by atoms with Gasteiger partial charge in [-0.1, -0.05) is 45.0 Å². The van der Waals surface area contributed by atoms with E-state index < -0.39 is 21.8 Å². The molecule has 0 fully saturated rings. The lowest BCUT2D eigenvalue weighted by atomic mass is 9.87. The Bertz CT molecular complexity index is 842. The lowest BCUT2D eigenvalue weighted by molar-refractivity contribution is 0.374. The summed E-state index contributed by atoms with van der Waals surface area (Å²) in [5.74, 6) is -0.617. The van der Waals surface area contributed by atoms with Crippen molar-refractivity contribution >= 4 is 9.84 Å². The molecule has 0 N–H and O–H groups in total. The van der Waals surface area contributed by atoms with E-state index in [2.05, 4.69) is 0 Å². The van der Waals surface area contributed by atoms with E-state index in [0.717, 1.165) is 5.56 Å². The molecule has 24 heavy (non-hydrogen) atoms. The van der Waals surface area contributed by atoms with Crippen LogP contribution in [0.15, 0.2) is 53.4 Å². The van der Waals surface area contributed by atoms with Crippen molar-refractivity contribution in [2.75, 3.05) is 5.75 Å². The zero-order chi connectivity index (χ0) is 18.0. The molecule has 2 aromatic rings. The molecule has 0 saturated carbocycles. The molecular weight excluding hydrogens is 325 g/mol. The number of sulfone groups is 1. The van der Waals surface area contributed by atoms with Gasteiger partial charge in [-0.25, -0.2) is 12.8 Å². The molecule has 0 bridgehead atoms. The number of rotatable bonds is 4. The van der Waals surface area contributed by atoms with Crippen LogP contribution < -0.4 is 0 Å². The minimum Gasteiger partial charge on any atom is -0.241 e. The Balaban J connectivity index is 2.19. The van der Waals surface area contributed by atoms with Gasteiger partial charge in [0.2, 0.25) is 0 Å². The van der Waals surface area contributed by atoms with E-state index in [4.69, 9.17) is 5.26 Å². The molecule has 0 radical (unpaired) electrons. The second-order valence-electron chi connectivity index (χ2n) is 6.76. The summed E-state index contributed by atoms with van der Waals surface area (Å²) in [5, 5.41) is 8.74.